The van der Waals surface area contributed by atoms with Crippen LogP contribution >= 0.6 is 0 Å². The second kappa shape index (κ2) is 5.22. The number of rotatable bonds is 5. The standard InChI is InChI=1S/C17H21NO/c1-18-17(9-12-3-4-12)15-6-5-14-11-16(19-2)8-7-13(14)10-15/h5-8,10-12,17-18H,3-4,9H2,1-2H3. The van der Waals surface area contributed by atoms with Crippen molar-refractivity contribution in [3.63, 3.8) is 0 Å². The fraction of sp³-hybridized carbons (Fsp3) is 0.412. The van der Waals surface area contributed by atoms with Gasteiger partial charge in [0.05, 0.1) is 7.11 Å². The lowest BCUT2D eigenvalue weighted by Gasteiger charge is -2.17. The Bertz CT molecular complexity index is 574. The quantitative estimate of drug-likeness (QED) is 0.874. The minimum absolute atomic E-state index is 0.485. The van der Waals surface area contributed by atoms with E-state index in [-0.39, 0.29) is 0 Å². The summed E-state index contributed by atoms with van der Waals surface area (Å²) in [5.74, 6) is 1.85. The van der Waals surface area contributed by atoms with Gasteiger partial charge in [0.15, 0.2) is 0 Å². The van der Waals surface area contributed by atoms with Crippen LogP contribution in [0.3, 0.4) is 0 Å². The summed E-state index contributed by atoms with van der Waals surface area (Å²) in [6, 6.07) is 13.5. The Balaban J connectivity index is 1.91. The molecule has 0 bridgehead atoms. The summed E-state index contributed by atoms with van der Waals surface area (Å²) in [6.45, 7) is 0. The van der Waals surface area contributed by atoms with Crippen molar-refractivity contribution >= 4 is 10.8 Å². The predicted octanol–water partition coefficient (Wildman–Crippen LogP) is 3.91. The van der Waals surface area contributed by atoms with Gasteiger partial charge in [0.1, 0.15) is 5.75 Å². The molecule has 3 rings (SSSR count). The highest BCUT2D eigenvalue weighted by atomic mass is 16.5. The van der Waals surface area contributed by atoms with Gasteiger partial charge in [0.25, 0.3) is 0 Å². The number of benzene rings is 2. The number of nitrogens with one attached hydrogen (secondary N) is 1. The van der Waals surface area contributed by atoms with E-state index in [2.05, 4.69) is 42.7 Å². The van der Waals surface area contributed by atoms with E-state index in [4.69, 9.17) is 4.74 Å². The maximum atomic E-state index is 5.27. The van der Waals surface area contributed by atoms with Crippen LogP contribution in [0.2, 0.25) is 0 Å². The Morgan fingerprint density at radius 1 is 1.16 bits per heavy atom. The molecular formula is C17H21NO. The maximum absolute atomic E-state index is 5.27. The summed E-state index contributed by atoms with van der Waals surface area (Å²) in [4.78, 5) is 0. The minimum Gasteiger partial charge on any atom is -0.497 e. The summed E-state index contributed by atoms with van der Waals surface area (Å²) in [7, 11) is 3.77. The molecule has 0 heterocycles. The largest absolute Gasteiger partial charge is 0.497 e. The number of ether oxygens (including phenoxy) is 1. The lowest BCUT2D eigenvalue weighted by molar-refractivity contribution is 0.415. The van der Waals surface area contributed by atoms with Crippen LogP contribution in [-0.2, 0) is 0 Å². The molecule has 1 aliphatic carbocycles. The zero-order valence-electron chi connectivity index (χ0n) is 11.6. The average molecular weight is 255 g/mol. The third-order valence-corrected chi connectivity index (χ3v) is 4.09. The zero-order chi connectivity index (χ0) is 13.2. The predicted molar refractivity (Wildman–Crippen MR) is 79.6 cm³/mol. The van der Waals surface area contributed by atoms with E-state index < -0.39 is 0 Å². The Morgan fingerprint density at radius 2 is 1.89 bits per heavy atom. The van der Waals surface area contributed by atoms with Crippen LogP contribution in [0.15, 0.2) is 36.4 Å². The van der Waals surface area contributed by atoms with Gasteiger partial charge in [-0.25, -0.2) is 0 Å². The minimum atomic E-state index is 0.485. The van der Waals surface area contributed by atoms with Gasteiger partial charge >= 0.3 is 0 Å². The average Bonchev–Trinajstić information content (AvgIpc) is 3.27. The van der Waals surface area contributed by atoms with Gasteiger partial charge in [-0.3, -0.25) is 0 Å². The van der Waals surface area contributed by atoms with E-state index in [1.807, 2.05) is 6.07 Å². The van der Waals surface area contributed by atoms with Gasteiger partial charge in [-0.05, 0) is 53.9 Å². The first kappa shape index (κ1) is 12.5. The van der Waals surface area contributed by atoms with Gasteiger partial charge in [-0.15, -0.1) is 0 Å². The van der Waals surface area contributed by atoms with Gasteiger partial charge in [0.2, 0.25) is 0 Å². The third kappa shape index (κ3) is 2.74. The Kier molecular flexibility index (Phi) is 3.43. The molecule has 2 aromatic carbocycles. The molecule has 0 aliphatic heterocycles. The molecular weight excluding hydrogens is 234 g/mol. The Labute approximate surface area is 114 Å². The topological polar surface area (TPSA) is 21.3 Å². The maximum Gasteiger partial charge on any atom is 0.119 e. The first-order chi connectivity index (χ1) is 9.30. The van der Waals surface area contributed by atoms with Gasteiger partial charge in [-0.1, -0.05) is 31.0 Å². The molecule has 0 aromatic heterocycles. The van der Waals surface area contributed by atoms with Gasteiger partial charge in [-0.2, -0.15) is 0 Å². The summed E-state index contributed by atoms with van der Waals surface area (Å²) < 4.78 is 5.27. The molecule has 2 nitrogen and oxygen atoms in total. The number of hydrogen-bond acceptors (Lipinski definition) is 2. The molecule has 0 saturated heterocycles. The second-order valence-corrected chi connectivity index (χ2v) is 5.49. The van der Waals surface area contributed by atoms with E-state index in [0.29, 0.717) is 6.04 Å². The van der Waals surface area contributed by atoms with Crippen molar-refractivity contribution in [2.24, 2.45) is 5.92 Å². The van der Waals surface area contributed by atoms with Crippen molar-refractivity contribution in [3.05, 3.63) is 42.0 Å². The van der Waals surface area contributed by atoms with E-state index in [1.54, 1.807) is 7.11 Å². The first-order valence-corrected chi connectivity index (χ1v) is 7.05. The van der Waals surface area contributed by atoms with Crippen molar-refractivity contribution in [1.82, 2.24) is 5.32 Å². The van der Waals surface area contributed by atoms with E-state index in [0.717, 1.165) is 11.7 Å². The number of hydrogen-bond donors (Lipinski definition) is 1. The van der Waals surface area contributed by atoms with Crippen LogP contribution in [-0.4, -0.2) is 14.2 Å². The van der Waals surface area contributed by atoms with E-state index in [1.165, 1.54) is 35.6 Å². The molecule has 1 aliphatic rings. The van der Waals surface area contributed by atoms with Crippen LogP contribution in [0.25, 0.3) is 10.8 Å². The molecule has 1 fully saturated rings. The smallest absolute Gasteiger partial charge is 0.119 e. The lowest BCUT2D eigenvalue weighted by atomic mass is 9.98. The van der Waals surface area contributed by atoms with Crippen LogP contribution in [0, 0.1) is 5.92 Å². The number of methoxy groups -OCH3 is 1. The molecule has 0 radical (unpaired) electrons. The lowest BCUT2D eigenvalue weighted by Crippen LogP contribution is -2.16. The van der Waals surface area contributed by atoms with Crippen LogP contribution < -0.4 is 10.1 Å². The molecule has 0 spiro atoms. The van der Waals surface area contributed by atoms with Crippen molar-refractivity contribution in [2.45, 2.75) is 25.3 Å². The fourth-order valence-corrected chi connectivity index (χ4v) is 2.69. The van der Waals surface area contributed by atoms with Crippen molar-refractivity contribution in [2.75, 3.05) is 14.2 Å². The second-order valence-electron chi connectivity index (χ2n) is 5.49. The molecule has 1 unspecified atom stereocenters. The highest BCUT2D eigenvalue weighted by molar-refractivity contribution is 5.84. The highest BCUT2D eigenvalue weighted by Gasteiger charge is 2.25. The molecule has 0 amide bonds. The van der Waals surface area contributed by atoms with Crippen LogP contribution in [0.4, 0.5) is 0 Å². The van der Waals surface area contributed by atoms with Crippen LogP contribution in [0.5, 0.6) is 5.75 Å². The van der Waals surface area contributed by atoms with Gasteiger partial charge < -0.3 is 10.1 Å². The molecule has 1 saturated carbocycles. The van der Waals surface area contributed by atoms with E-state index in [9.17, 15) is 0 Å². The molecule has 1 atom stereocenters. The van der Waals surface area contributed by atoms with Gasteiger partial charge in [0, 0.05) is 6.04 Å². The molecule has 2 heteroatoms. The molecule has 1 N–H and O–H groups in total. The number of fused-ring (bicyclic) bond motifs is 1. The summed E-state index contributed by atoms with van der Waals surface area (Å²) in [5.41, 5.74) is 1.40. The van der Waals surface area contributed by atoms with Crippen molar-refractivity contribution in [1.29, 1.82) is 0 Å². The van der Waals surface area contributed by atoms with Crippen LogP contribution in [0.1, 0.15) is 30.9 Å². The summed E-state index contributed by atoms with van der Waals surface area (Å²) in [6.07, 6.45) is 4.07. The monoisotopic (exact) mass is 255 g/mol. The molecule has 19 heavy (non-hydrogen) atoms. The first-order valence-electron chi connectivity index (χ1n) is 7.05. The fourth-order valence-electron chi connectivity index (χ4n) is 2.69. The third-order valence-electron chi connectivity index (χ3n) is 4.09. The molecule has 100 valence electrons. The SMILES string of the molecule is CNC(CC1CC1)c1ccc2cc(OC)ccc2c1. The normalized spacial score (nSPS) is 16.5. The highest BCUT2D eigenvalue weighted by Crippen LogP contribution is 2.38. The molecule has 2 aromatic rings. The van der Waals surface area contributed by atoms with Crippen molar-refractivity contribution in [3.8, 4) is 5.75 Å². The van der Waals surface area contributed by atoms with Crippen molar-refractivity contribution < 1.29 is 4.74 Å². The Morgan fingerprint density at radius 3 is 2.58 bits per heavy atom. The summed E-state index contributed by atoms with van der Waals surface area (Å²) >= 11 is 0. The van der Waals surface area contributed by atoms with E-state index >= 15 is 0 Å². The zero-order valence-corrected chi connectivity index (χ0v) is 11.6. The summed E-state index contributed by atoms with van der Waals surface area (Å²) in [5, 5.41) is 5.98. The Hall–Kier alpha value is -1.54.